The molecule has 2 aliphatic heterocycles. The molecule has 1 unspecified atom stereocenters. The first-order valence-electron chi connectivity index (χ1n) is 4.90. The van der Waals surface area contributed by atoms with E-state index < -0.39 is 0 Å². The Labute approximate surface area is 83.3 Å². The summed E-state index contributed by atoms with van der Waals surface area (Å²) in [5.74, 6) is 0. The van der Waals surface area contributed by atoms with Gasteiger partial charge in [0.1, 0.15) is 0 Å². The Bertz CT molecular complexity index is 202. The summed E-state index contributed by atoms with van der Waals surface area (Å²) in [4.78, 5) is 4.44. The van der Waals surface area contributed by atoms with Crippen molar-refractivity contribution in [1.29, 1.82) is 0 Å². The van der Waals surface area contributed by atoms with E-state index in [1.807, 2.05) is 11.8 Å². The number of hydrogen-bond acceptors (Lipinski definition) is 4. The molecule has 0 radical (unpaired) electrons. The van der Waals surface area contributed by atoms with Crippen LogP contribution in [0.5, 0.6) is 0 Å². The Balaban J connectivity index is 1.77. The third kappa shape index (κ3) is 2.61. The highest BCUT2D eigenvalue weighted by atomic mass is 32.2. The number of aliphatic imine (C=N–C) groups is 1. The van der Waals surface area contributed by atoms with Crippen LogP contribution in [-0.2, 0) is 4.74 Å². The molecule has 2 rings (SSSR count). The van der Waals surface area contributed by atoms with Gasteiger partial charge in [0.2, 0.25) is 0 Å². The Morgan fingerprint density at radius 2 is 2.23 bits per heavy atom. The topological polar surface area (TPSA) is 33.6 Å². The zero-order valence-corrected chi connectivity index (χ0v) is 8.77. The number of thioether (sulfide) groups is 1. The second-order valence-electron chi connectivity index (χ2n) is 3.61. The van der Waals surface area contributed by atoms with Gasteiger partial charge in [0.15, 0.2) is 5.17 Å². The quantitative estimate of drug-likeness (QED) is 0.691. The standard InChI is InChI=1S/C9H16N2OS/c1-7-6-10-9(13-7)11-8-2-4-12-5-3-8/h7-8H,2-6H2,1H3,(H,10,11). The van der Waals surface area contributed by atoms with Crippen molar-refractivity contribution < 1.29 is 4.74 Å². The number of rotatable bonds is 1. The van der Waals surface area contributed by atoms with Crippen LogP contribution in [0.25, 0.3) is 0 Å². The molecule has 2 aliphatic rings. The van der Waals surface area contributed by atoms with Crippen LogP contribution >= 0.6 is 11.8 Å². The van der Waals surface area contributed by atoms with Crippen LogP contribution in [0.3, 0.4) is 0 Å². The highest BCUT2D eigenvalue weighted by molar-refractivity contribution is 8.14. The maximum Gasteiger partial charge on any atom is 0.157 e. The number of nitrogens with one attached hydrogen (secondary N) is 1. The van der Waals surface area contributed by atoms with Gasteiger partial charge in [0, 0.05) is 24.5 Å². The fourth-order valence-corrected chi connectivity index (χ4v) is 2.49. The van der Waals surface area contributed by atoms with E-state index in [4.69, 9.17) is 4.74 Å². The predicted molar refractivity (Wildman–Crippen MR) is 56.3 cm³/mol. The van der Waals surface area contributed by atoms with Gasteiger partial charge in [-0.1, -0.05) is 18.7 Å². The Hall–Kier alpha value is -0.220. The summed E-state index contributed by atoms with van der Waals surface area (Å²) < 4.78 is 5.30. The molecule has 1 atom stereocenters. The average molecular weight is 200 g/mol. The molecule has 13 heavy (non-hydrogen) atoms. The monoisotopic (exact) mass is 200 g/mol. The van der Waals surface area contributed by atoms with E-state index in [-0.39, 0.29) is 0 Å². The maximum absolute atomic E-state index is 5.30. The van der Waals surface area contributed by atoms with Crippen molar-refractivity contribution in [2.24, 2.45) is 4.99 Å². The zero-order valence-electron chi connectivity index (χ0n) is 7.95. The van der Waals surface area contributed by atoms with Gasteiger partial charge in [-0.3, -0.25) is 4.99 Å². The van der Waals surface area contributed by atoms with Crippen LogP contribution in [0.1, 0.15) is 19.8 Å². The maximum atomic E-state index is 5.30. The molecule has 0 aliphatic carbocycles. The van der Waals surface area contributed by atoms with Crippen molar-refractivity contribution in [3.63, 3.8) is 0 Å². The molecule has 3 nitrogen and oxygen atoms in total. The van der Waals surface area contributed by atoms with E-state index in [1.54, 1.807) is 0 Å². The van der Waals surface area contributed by atoms with E-state index in [1.165, 1.54) is 0 Å². The lowest BCUT2D eigenvalue weighted by molar-refractivity contribution is 0.0826. The minimum Gasteiger partial charge on any atom is -0.381 e. The zero-order chi connectivity index (χ0) is 9.10. The molecule has 1 N–H and O–H groups in total. The minimum absolute atomic E-state index is 0.588. The van der Waals surface area contributed by atoms with Crippen LogP contribution in [0, 0.1) is 0 Å². The Morgan fingerprint density at radius 1 is 1.46 bits per heavy atom. The molecular weight excluding hydrogens is 184 g/mol. The molecule has 4 heteroatoms. The minimum atomic E-state index is 0.588. The molecule has 0 aromatic heterocycles. The van der Waals surface area contributed by atoms with Crippen LogP contribution in [0.2, 0.25) is 0 Å². The van der Waals surface area contributed by atoms with E-state index in [2.05, 4.69) is 17.2 Å². The molecule has 74 valence electrons. The average Bonchev–Trinajstić information content (AvgIpc) is 2.53. The summed E-state index contributed by atoms with van der Waals surface area (Å²) in [5.41, 5.74) is 0. The van der Waals surface area contributed by atoms with Gasteiger partial charge in [-0.15, -0.1) is 0 Å². The van der Waals surface area contributed by atoms with E-state index in [9.17, 15) is 0 Å². The van der Waals surface area contributed by atoms with Crippen molar-refractivity contribution >= 4 is 16.9 Å². The summed E-state index contributed by atoms with van der Waals surface area (Å²) in [6.45, 7) is 4.97. The molecular formula is C9H16N2OS. The van der Waals surface area contributed by atoms with E-state index in [0.29, 0.717) is 11.3 Å². The van der Waals surface area contributed by atoms with Crippen molar-refractivity contribution in [2.45, 2.75) is 31.1 Å². The predicted octanol–water partition coefficient (Wildman–Crippen LogP) is 1.25. The van der Waals surface area contributed by atoms with E-state index in [0.717, 1.165) is 37.8 Å². The van der Waals surface area contributed by atoms with Crippen molar-refractivity contribution in [3.8, 4) is 0 Å². The lowest BCUT2D eigenvalue weighted by atomic mass is 10.1. The first kappa shape index (κ1) is 9.34. The van der Waals surface area contributed by atoms with Crippen LogP contribution < -0.4 is 5.32 Å². The molecule has 1 saturated heterocycles. The molecule has 0 aromatic rings. The second-order valence-corrected chi connectivity index (χ2v) is 5.03. The van der Waals surface area contributed by atoms with Crippen LogP contribution in [-0.4, -0.2) is 36.2 Å². The van der Waals surface area contributed by atoms with Gasteiger partial charge in [0.05, 0.1) is 6.54 Å². The number of nitrogens with zero attached hydrogens (tertiary/aromatic N) is 1. The lowest BCUT2D eigenvalue weighted by Gasteiger charge is -2.23. The molecule has 1 fully saturated rings. The van der Waals surface area contributed by atoms with Crippen molar-refractivity contribution in [3.05, 3.63) is 0 Å². The molecule has 0 spiro atoms. The largest absolute Gasteiger partial charge is 0.381 e. The Kier molecular flexibility index (Phi) is 3.11. The summed E-state index contributed by atoms with van der Waals surface area (Å²) in [6, 6.07) is 0.588. The summed E-state index contributed by atoms with van der Waals surface area (Å²) in [7, 11) is 0. The molecule has 0 amide bonds. The van der Waals surface area contributed by atoms with Gasteiger partial charge in [-0.2, -0.15) is 0 Å². The van der Waals surface area contributed by atoms with Gasteiger partial charge >= 0.3 is 0 Å². The van der Waals surface area contributed by atoms with Gasteiger partial charge in [-0.05, 0) is 12.8 Å². The van der Waals surface area contributed by atoms with Gasteiger partial charge < -0.3 is 10.1 Å². The molecule has 0 saturated carbocycles. The number of ether oxygens (including phenoxy) is 1. The summed E-state index contributed by atoms with van der Waals surface area (Å²) >= 11 is 1.86. The number of amidine groups is 1. The van der Waals surface area contributed by atoms with E-state index >= 15 is 0 Å². The SMILES string of the molecule is CC1CN=C(NC2CCOCC2)S1. The third-order valence-electron chi connectivity index (χ3n) is 2.35. The first-order chi connectivity index (χ1) is 6.34. The van der Waals surface area contributed by atoms with Crippen LogP contribution in [0.15, 0.2) is 4.99 Å². The smallest absolute Gasteiger partial charge is 0.157 e. The number of hydrogen-bond donors (Lipinski definition) is 1. The highest BCUT2D eigenvalue weighted by Gasteiger charge is 2.19. The first-order valence-corrected chi connectivity index (χ1v) is 5.78. The molecule has 2 heterocycles. The summed E-state index contributed by atoms with van der Waals surface area (Å²) in [6.07, 6.45) is 2.24. The van der Waals surface area contributed by atoms with Crippen molar-refractivity contribution in [1.82, 2.24) is 5.32 Å². The lowest BCUT2D eigenvalue weighted by Crippen LogP contribution is -2.37. The second kappa shape index (κ2) is 4.33. The third-order valence-corrected chi connectivity index (χ3v) is 3.38. The van der Waals surface area contributed by atoms with Crippen LogP contribution in [0.4, 0.5) is 0 Å². The summed E-state index contributed by atoms with van der Waals surface area (Å²) in [5, 5.41) is 5.27. The Morgan fingerprint density at radius 3 is 2.85 bits per heavy atom. The fourth-order valence-electron chi connectivity index (χ4n) is 1.57. The van der Waals surface area contributed by atoms with Crippen molar-refractivity contribution in [2.75, 3.05) is 19.8 Å². The normalized spacial score (nSPS) is 30.2. The molecule has 0 bridgehead atoms. The van der Waals surface area contributed by atoms with Gasteiger partial charge in [0.25, 0.3) is 0 Å². The fraction of sp³-hybridized carbons (Fsp3) is 0.889. The van der Waals surface area contributed by atoms with Gasteiger partial charge in [-0.25, -0.2) is 0 Å². The molecule has 0 aromatic carbocycles. The highest BCUT2D eigenvalue weighted by Crippen LogP contribution is 2.20.